The molecule has 6 heteroatoms. The number of aryl methyl sites for hydroxylation is 2. The summed E-state index contributed by atoms with van der Waals surface area (Å²) < 4.78 is 5.48. The minimum absolute atomic E-state index is 0.340. The van der Waals surface area contributed by atoms with Crippen LogP contribution in [0.3, 0.4) is 0 Å². The van der Waals surface area contributed by atoms with E-state index in [1.165, 1.54) is 0 Å². The lowest BCUT2D eigenvalue weighted by Crippen LogP contribution is -2.32. The largest absolute Gasteiger partial charge is 0.394 e. The number of aliphatic hydroxyl groups excluding tert-OH is 3. The third-order valence-corrected chi connectivity index (χ3v) is 4.01. The van der Waals surface area contributed by atoms with Gasteiger partial charge in [-0.15, -0.1) is 0 Å². The maximum absolute atomic E-state index is 10.0. The number of aromatic amines is 1. The number of hydrogen-bond acceptors (Lipinski definition) is 5. The topological polar surface area (TPSA) is 98.6 Å². The number of hydrogen-bond donors (Lipinski definition) is 4. The number of H-pyrrole nitrogens is 1. The van der Waals surface area contributed by atoms with Crippen molar-refractivity contribution in [1.29, 1.82) is 0 Å². The van der Waals surface area contributed by atoms with Gasteiger partial charge in [-0.1, -0.05) is 6.07 Å². The number of ether oxygens (including phenoxy) is 1. The minimum atomic E-state index is -1.11. The van der Waals surface area contributed by atoms with Crippen molar-refractivity contribution in [2.45, 2.75) is 38.3 Å². The first-order chi connectivity index (χ1) is 9.52. The van der Waals surface area contributed by atoms with Gasteiger partial charge in [0.1, 0.15) is 30.2 Å². The maximum atomic E-state index is 10.0. The van der Waals surface area contributed by atoms with Crippen LogP contribution in [0.25, 0.3) is 11.0 Å². The highest BCUT2D eigenvalue weighted by molar-refractivity contribution is 5.79. The van der Waals surface area contributed by atoms with Crippen molar-refractivity contribution in [3.05, 3.63) is 29.1 Å². The SMILES string of the molecule is Cc1ccc2[nH]c(C3O[C@H](CO)[C@@H](O)[C@H]3O)nc2c1C. The van der Waals surface area contributed by atoms with Crippen molar-refractivity contribution in [3.63, 3.8) is 0 Å². The molecule has 0 saturated carbocycles. The standard InChI is InChI=1S/C14H18N2O4/c1-6-3-4-8-10(7(6)2)16-14(15-8)13-12(19)11(18)9(5-17)20-13/h3-4,9,11-13,17-19H,5H2,1-2H3,(H,15,16)/t9-,11-,12-,13?/m1/s1. The molecule has 0 bridgehead atoms. The summed E-state index contributed by atoms with van der Waals surface area (Å²) in [7, 11) is 0. The van der Waals surface area contributed by atoms with E-state index in [4.69, 9.17) is 9.84 Å². The predicted molar refractivity (Wildman–Crippen MR) is 72.3 cm³/mol. The van der Waals surface area contributed by atoms with Crippen molar-refractivity contribution in [2.75, 3.05) is 6.61 Å². The second kappa shape index (κ2) is 4.82. The van der Waals surface area contributed by atoms with Gasteiger partial charge in [0.15, 0.2) is 0 Å². The molecule has 1 aliphatic rings. The van der Waals surface area contributed by atoms with Gasteiger partial charge in [-0.2, -0.15) is 0 Å². The second-order valence-corrected chi connectivity index (χ2v) is 5.28. The number of rotatable bonds is 2. The van der Waals surface area contributed by atoms with Crippen LogP contribution in [-0.2, 0) is 4.74 Å². The summed E-state index contributed by atoms with van der Waals surface area (Å²) in [6.45, 7) is 3.66. The Balaban J connectivity index is 2.01. The van der Waals surface area contributed by atoms with Crippen molar-refractivity contribution in [1.82, 2.24) is 9.97 Å². The maximum Gasteiger partial charge on any atom is 0.144 e. The first kappa shape index (κ1) is 13.5. The van der Waals surface area contributed by atoms with E-state index in [1.807, 2.05) is 26.0 Å². The third-order valence-electron chi connectivity index (χ3n) is 4.01. The third kappa shape index (κ3) is 1.92. The molecule has 3 rings (SSSR count). The van der Waals surface area contributed by atoms with Gasteiger partial charge in [0.05, 0.1) is 17.6 Å². The molecule has 1 aromatic carbocycles. The van der Waals surface area contributed by atoms with E-state index in [0.29, 0.717) is 5.82 Å². The monoisotopic (exact) mass is 278 g/mol. The normalized spacial score (nSPS) is 30.2. The fourth-order valence-corrected chi connectivity index (χ4v) is 2.59. The number of nitrogens with zero attached hydrogens (tertiary/aromatic N) is 1. The zero-order valence-electron chi connectivity index (χ0n) is 11.4. The number of imidazole rings is 1. The summed E-state index contributed by atoms with van der Waals surface area (Å²) in [6, 6.07) is 3.92. The molecule has 1 unspecified atom stereocenters. The summed E-state index contributed by atoms with van der Waals surface area (Å²) in [4.78, 5) is 7.59. The van der Waals surface area contributed by atoms with Gasteiger partial charge in [-0.3, -0.25) is 0 Å². The molecule has 1 saturated heterocycles. The lowest BCUT2D eigenvalue weighted by atomic mass is 10.1. The molecule has 108 valence electrons. The predicted octanol–water partition coefficient (Wildman–Crippen LogP) is 0.334. The molecule has 0 amide bonds. The van der Waals surface area contributed by atoms with Crippen LogP contribution >= 0.6 is 0 Å². The highest BCUT2D eigenvalue weighted by Crippen LogP contribution is 2.33. The number of fused-ring (bicyclic) bond motifs is 1. The molecule has 0 radical (unpaired) electrons. The molecule has 1 aromatic heterocycles. The zero-order valence-corrected chi connectivity index (χ0v) is 11.4. The molecule has 20 heavy (non-hydrogen) atoms. The average Bonchev–Trinajstić information content (AvgIpc) is 2.98. The summed E-state index contributed by atoms with van der Waals surface area (Å²) in [6.07, 6.45) is -3.75. The van der Waals surface area contributed by atoms with Gasteiger partial charge >= 0.3 is 0 Å². The van der Waals surface area contributed by atoms with Gasteiger partial charge in [0.2, 0.25) is 0 Å². The lowest BCUT2D eigenvalue weighted by molar-refractivity contribution is -0.0249. The van der Waals surface area contributed by atoms with Crippen molar-refractivity contribution in [3.8, 4) is 0 Å². The van der Waals surface area contributed by atoms with Gasteiger partial charge < -0.3 is 25.0 Å². The van der Waals surface area contributed by atoms with Gasteiger partial charge in [-0.05, 0) is 31.0 Å². The van der Waals surface area contributed by atoms with Crippen LogP contribution < -0.4 is 0 Å². The van der Waals surface area contributed by atoms with Crippen molar-refractivity contribution in [2.24, 2.45) is 0 Å². The molecule has 4 N–H and O–H groups in total. The van der Waals surface area contributed by atoms with Gasteiger partial charge in [0, 0.05) is 0 Å². The molecule has 0 aliphatic carbocycles. The van der Waals surface area contributed by atoms with E-state index in [2.05, 4.69) is 9.97 Å². The van der Waals surface area contributed by atoms with Gasteiger partial charge in [0.25, 0.3) is 0 Å². The van der Waals surface area contributed by atoms with Crippen LogP contribution in [0.15, 0.2) is 12.1 Å². The molecule has 1 aliphatic heterocycles. The van der Waals surface area contributed by atoms with Crippen LogP contribution in [-0.4, -0.2) is 50.2 Å². The molecule has 6 nitrogen and oxygen atoms in total. The smallest absolute Gasteiger partial charge is 0.144 e. The number of aromatic nitrogens is 2. The number of nitrogens with one attached hydrogen (secondary N) is 1. The minimum Gasteiger partial charge on any atom is -0.394 e. The van der Waals surface area contributed by atoms with Crippen molar-refractivity contribution >= 4 is 11.0 Å². The van der Waals surface area contributed by atoms with Crippen LogP contribution in [0.2, 0.25) is 0 Å². The molecule has 4 atom stereocenters. The molecular formula is C14H18N2O4. The molecule has 2 heterocycles. The fourth-order valence-electron chi connectivity index (χ4n) is 2.59. The summed E-state index contributed by atoms with van der Waals surface area (Å²) in [5.41, 5.74) is 3.90. The first-order valence-electron chi connectivity index (χ1n) is 6.61. The van der Waals surface area contributed by atoms with E-state index in [1.54, 1.807) is 0 Å². The Labute approximate surface area is 116 Å². The Kier molecular flexibility index (Phi) is 3.25. The van der Waals surface area contributed by atoms with Crippen molar-refractivity contribution < 1.29 is 20.1 Å². The highest BCUT2D eigenvalue weighted by Gasteiger charge is 2.44. The Morgan fingerprint density at radius 1 is 1.25 bits per heavy atom. The second-order valence-electron chi connectivity index (χ2n) is 5.28. The Morgan fingerprint density at radius 2 is 2.00 bits per heavy atom. The summed E-state index contributed by atoms with van der Waals surface area (Å²) in [5.74, 6) is 0.469. The molecule has 2 aromatic rings. The average molecular weight is 278 g/mol. The van der Waals surface area contributed by atoms with E-state index in [0.717, 1.165) is 22.2 Å². The first-order valence-corrected chi connectivity index (χ1v) is 6.61. The van der Waals surface area contributed by atoms with Crippen LogP contribution in [0.1, 0.15) is 23.1 Å². The van der Waals surface area contributed by atoms with E-state index < -0.39 is 24.4 Å². The van der Waals surface area contributed by atoms with E-state index in [9.17, 15) is 10.2 Å². The molecule has 1 fully saturated rings. The zero-order chi connectivity index (χ0) is 14.4. The van der Waals surface area contributed by atoms with E-state index >= 15 is 0 Å². The quantitative estimate of drug-likeness (QED) is 0.634. The fraction of sp³-hybridized carbons (Fsp3) is 0.500. The lowest BCUT2D eigenvalue weighted by Gasteiger charge is -2.11. The molecule has 0 spiro atoms. The molecular weight excluding hydrogens is 260 g/mol. The number of aliphatic hydroxyl groups is 3. The Morgan fingerprint density at radius 3 is 2.65 bits per heavy atom. The summed E-state index contributed by atoms with van der Waals surface area (Å²) >= 11 is 0. The Bertz CT molecular complexity index is 639. The van der Waals surface area contributed by atoms with E-state index in [-0.39, 0.29) is 6.61 Å². The van der Waals surface area contributed by atoms with Crippen LogP contribution in [0.4, 0.5) is 0 Å². The highest BCUT2D eigenvalue weighted by atomic mass is 16.6. The Hall–Kier alpha value is -1.47. The number of benzene rings is 1. The van der Waals surface area contributed by atoms with Gasteiger partial charge in [-0.25, -0.2) is 4.98 Å². The van der Waals surface area contributed by atoms with Crippen LogP contribution in [0.5, 0.6) is 0 Å². The van der Waals surface area contributed by atoms with Crippen LogP contribution in [0, 0.1) is 13.8 Å². The summed E-state index contributed by atoms with van der Waals surface area (Å²) in [5, 5.41) is 28.9.